The highest BCUT2D eigenvalue weighted by Crippen LogP contribution is 2.19. The summed E-state index contributed by atoms with van der Waals surface area (Å²) in [6.07, 6.45) is 11.5. The lowest BCUT2D eigenvalue weighted by molar-refractivity contribution is 0.0953. The van der Waals surface area contributed by atoms with E-state index >= 15 is 0 Å². The van der Waals surface area contributed by atoms with Gasteiger partial charge in [-0.15, -0.1) is 0 Å². The standard InChI is InChI=1S/C21H24ClN3O/c22-19-8-6-17(7-9-19)13-25-20-12-18(14-23-15-20)21(26)24-11-10-16-4-2-1-3-5-16/h4,6-9,12,14-15,25H,1-3,5,10-11,13H2,(H,24,26). The van der Waals surface area contributed by atoms with Crippen LogP contribution in [0.15, 0.2) is 54.4 Å². The van der Waals surface area contributed by atoms with Gasteiger partial charge in [0.05, 0.1) is 11.3 Å². The predicted octanol–water partition coefficient (Wildman–Crippen LogP) is 4.97. The maximum atomic E-state index is 12.3. The molecule has 0 unspecified atom stereocenters. The van der Waals surface area contributed by atoms with Crippen LogP contribution >= 0.6 is 11.6 Å². The van der Waals surface area contributed by atoms with Crippen molar-refractivity contribution in [2.45, 2.75) is 38.6 Å². The Kier molecular flexibility index (Phi) is 6.67. The molecule has 26 heavy (non-hydrogen) atoms. The van der Waals surface area contributed by atoms with E-state index in [0.29, 0.717) is 18.7 Å². The number of hydrogen-bond donors (Lipinski definition) is 2. The number of rotatable bonds is 7. The zero-order valence-corrected chi connectivity index (χ0v) is 15.6. The molecule has 2 aromatic rings. The lowest BCUT2D eigenvalue weighted by Gasteiger charge is -2.13. The highest BCUT2D eigenvalue weighted by Gasteiger charge is 2.08. The number of nitrogens with one attached hydrogen (secondary N) is 2. The fourth-order valence-corrected chi connectivity index (χ4v) is 3.16. The number of amides is 1. The second-order valence-corrected chi connectivity index (χ2v) is 6.99. The molecule has 1 aromatic heterocycles. The van der Waals surface area contributed by atoms with E-state index in [0.717, 1.165) is 22.7 Å². The van der Waals surface area contributed by atoms with E-state index in [1.807, 2.05) is 30.3 Å². The van der Waals surface area contributed by atoms with Crippen LogP contribution in [0.5, 0.6) is 0 Å². The van der Waals surface area contributed by atoms with Gasteiger partial charge in [0.1, 0.15) is 0 Å². The molecular formula is C21H24ClN3O. The van der Waals surface area contributed by atoms with Crippen LogP contribution < -0.4 is 10.6 Å². The van der Waals surface area contributed by atoms with Crippen LogP contribution in [0.4, 0.5) is 5.69 Å². The topological polar surface area (TPSA) is 54.0 Å². The largest absolute Gasteiger partial charge is 0.380 e. The van der Waals surface area contributed by atoms with Crippen molar-refractivity contribution >= 4 is 23.2 Å². The smallest absolute Gasteiger partial charge is 0.252 e. The molecule has 1 aliphatic carbocycles. The summed E-state index contributed by atoms with van der Waals surface area (Å²) in [4.78, 5) is 16.5. The molecule has 0 saturated heterocycles. The van der Waals surface area contributed by atoms with Gasteiger partial charge in [0.25, 0.3) is 5.91 Å². The van der Waals surface area contributed by atoms with Gasteiger partial charge in [0.15, 0.2) is 0 Å². The first-order chi connectivity index (χ1) is 12.7. The summed E-state index contributed by atoms with van der Waals surface area (Å²) in [7, 11) is 0. The Labute approximate surface area is 159 Å². The van der Waals surface area contributed by atoms with E-state index < -0.39 is 0 Å². The average molecular weight is 370 g/mol. The Morgan fingerprint density at radius 2 is 2.00 bits per heavy atom. The van der Waals surface area contributed by atoms with Crippen molar-refractivity contribution in [2.75, 3.05) is 11.9 Å². The number of carbonyl (C=O) groups is 1. The van der Waals surface area contributed by atoms with E-state index in [4.69, 9.17) is 11.6 Å². The second-order valence-electron chi connectivity index (χ2n) is 6.56. The third-order valence-corrected chi connectivity index (χ3v) is 4.78. The zero-order valence-electron chi connectivity index (χ0n) is 14.8. The maximum Gasteiger partial charge on any atom is 0.252 e. The summed E-state index contributed by atoms with van der Waals surface area (Å²) in [6, 6.07) is 9.50. The monoisotopic (exact) mass is 369 g/mol. The van der Waals surface area contributed by atoms with E-state index in [-0.39, 0.29) is 5.91 Å². The minimum absolute atomic E-state index is 0.0796. The van der Waals surface area contributed by atoms with Crippen molar-refractivity contribution in [1.82, 2.24) is 10.3 Å². The first kappa shape index (κ1) is 18.5. The summed E-state index contributed by atoms with van der Waals surface area (Å²) < 4.78 is 0. The van der Waals surface area contributed by atoms with E-state index in [2.05, 4.69) is 21.7 Å². The van der Waals surface area contributed by atoms with Crippen molar-refractivity contribution < 1.29 is 4.79 Å². The molecule has 0 radical (unpaired) electrons. The number of allylic oxidation sites excluding steroid dienone is 1. The second kappa shape index (κ2) is 9.39. The summed E-state index contributed by atoms with van der Waals surface area (Å²) in [5, 5.41) is 7.00. The third kappa shape index (κ3) is 5.60. The molecule has 0 atom stereocenters. The van der Waals surface area contributed by atoms with Gasteiger partial charge in [-0.25, -0.2) is 0 Å². The van der Waals surface area contributed by atoms with Gasteiger partial charge in [-0.2, -0.15) is 0 Å². The van der Waals surface area contributed by atoms with Crippen LogP contribution in [-0.2, 0) is 6.54 Å². The number of aromatic nitrogens is 1. The maximum absolute atomic E-state index is 12.3. The molecule has 1 aromatic carbocycles. The van der Waals surface area contributed by atoms with Crippen molar-refractivity contribution in [3.8, 4) is 0 Å². The number of pyridine rings is 1. The van der Waals surface area contributed by atoms with Crippen LogP contribution in [0.25, 0.3) is 0 Å². The number of nitrogens with zero attached hydrogens (tertiary/aromatic N) is 1. The SMILES string of the molecule is O=C(NCCC1=CCCCC1)c1cncc(NCc2ccc(Cl)cc2)c1. The van der Waals surface area contributed by atoms with Crippen LogP contribution in [0.3, 0.4) is 0 Å². The number of halogens is 1. The highest BCUT2D eigenvalue weighted by atomic mass is 35.5. The van der Waals surface area contributed by atoms with Crippen molar-refractivity contribution in [3.05, 3.63) is 70.5 Å². The average Bonchev–Trinajstić information content (AvgIpc) is 2.68. The summed E-state index contributed by atoms with van der Waals surface area (Å²) in [5.74, 6) is -0.0796. The Morgan fingerprint density at radius 1 is 1.15 bits per heavy atom. The summed E-state index contributed by atoms with van der Waals surface area (Å²) in [6.45, 7) is 1.32. The minimum Gasteiger partial charge on any atom is -0.380 e. The van der Waals surface area contributed by atoms with E-state index in [9.17, 15) is 4.79 Å². The van der Waals surface area contributed by atoms with Gasteiger partial charge in [0.2, 0.25) is 0 Å². The van der Waals surface area contributed by atoms with Crippen molar-refractivity contribution in [1.29, 1.82) is 0 Å². The summed E-state index contributed by atoms with van der Waals surface area (Å²) in [5.41, 5.74) is 3.98. The lowest BCUT2D eigenvalue weighted by atomic mass is 9.97. The Morgan fingerprint density at radius 3 is 2.77 bits per heavy atom. The van der Waals surface area contributed by atoms with Crippen molar-refractivity contribution in [2.24, 2.45) is 0 Å². The number of hydrogen-bond acceptors (Lipinski definition) is 3. The number of carbonyl (C=O) groups excluding carboxylic acids is 1. The minimum atomic E-state index is -0.0796. The quantitative estimate of drug-likeness (QED) is 0.677. The van der Waals surface area contributed by atoms with Crippen LogP contribution in [0.1, 0.15) is 48.0 Å². The van der Waals surface area contributed by atoms with Gasteiger partial charge < -0.3 is 10.6 Å². The zero-order chi connectivity index (χ0) is 18.2. The fourth-order valence-electron chi connectivity index (χ4n) is 3.04. The van der Waals surface area contributed by atoms with Gasteiger partial charge in [-0.1, -0.05) is 35.4 Å². The van der Waals surface area contributed by atoms with Gasteiger partial charge >= 0.3 is 0 Å². The lowest BCUT2D eigenvalue weighted by Crippen LogP contribution is -2.25. The van der Waals surface area contributed by atoms with Crippen molar-refractivity contribution in [3.63, 3.8) is 0 Å². The molecule has 5 heteroatoms. The molecule has 4 nitrogen and oxygen atoms in total. The van der Waals surface area contributed by atoms with E-state index in [1.165, 1.54) is 31.3 Å². The number of anilines is 1. The molecule has 0 spiro atoms. The molecule has 0 fully saturated rings. The molecule has 1 heterocycles. The third-order valence-electron chi connectivity index (χ3n) is 4.53. The molecule has 1 aliphatic rings. The Hall–Kier alpha value is -2.33. The van der Waals surface area contributed by atoms with Crippen LogP contribution in [0, 0.1) is 0 Å². The molecule has 0 saturated carbocycles. The summed E-state index contributed by atoms with van der Waals surface area (Å²) >= 11 is 5.90. The Bertz CT molecular complexity index is 771. The first-order valence-corrected chi connectivity index (χ1v) is 9.48. The fraction of sp³-hybridized carbons (Fsp3) is 0.333. The first-order valence-electron chi connectivity index (χ1n) is 9.10. The predicted molar refractivity (Wildman–Crippen MR) is 107 cm³/mol. The molecule has 2 N–H and O–H groups in total. The molecule has 3 rings (SSSR count). The molecule has 0 aliphatic heterocycles. The molecular weight excluding hydrogens is 346 g/mol. The Balaban J connectivity index is 1.50. The van der Waals surface area contributed by atoms with Crippen LogP contribution in [-0.4, -0.2) is 17.4 Å². The van der Waals surface area contributed by atoms with Gasteiger partial charge in [0, 0.05) is 30.5 Å². The molecule has 0 bridgehead atoms. The molecule has 136 valence electrons. The number of benzene rings is 1. The highest BCUT2D eigenvalue weighted by molar-refractivity contribution is 6.30. The van der Waals surface area contributed by atoms with Crippen LogP contribution in [0.2, 0.25) is 5.02 Å². The van der Waals surface area contributed by atoms with Gasteiger partial charge in [-0.3, -0.25) is 9.78 Å². The molecule has 1 amide bonds. The van der Waals surface area contributed by atoms with Gasteiger partial charge in [-0.05, 0) is 55.9 Å². The normalized spacial score (nSPS) is 13.8. The van der Waals surface area contributed by atoms with E-state index in [1.54, 1.807) is 12.4 Å².